The number of hydrogen-bond donors (Lipinski definition) is 0. The van der Waals surface area contributed by atoms with Crippen LogP contribution in [0.1, 0.15) is 5.56 Å². The molecule has 8 nitrogen and oxygen atoms in total. The average Bonchev–Trinajstić information content (AvgIpc) is 2.35. The van der Waals surface area contributed by atoms with E-state index >= 15 is 0 Å². The molecular formula is C14H21ClN2O6S. The number of sulfone groups is 1. The molecule has 1 aromatic rings. The topological polar surface area (TPSA) is 133 Å². The molecule has 1 aromatic carbocycles. The van der Waals surface area contributed by atoms with Crippen LogP contribution in [0.3, 0.4) is 0 Å². The number of hydrogen-bond acceptors (Lipinski definition) is 7. The van der Waals surface area contributed by atoms with Crippen molar-refractivity contribution in [2.75, 3.05) is 28.2 Å². The summed E-state index contributed by atoms with van der Waals surface area (Å²) < 4.78 is 60.8. The van der Waals surface area contributed by atoms with E-state index in [0.717, 1.165) is 5.56 Å². The van der Waals surface area contributed by atoms with Gasteiger partial charge < -0.3 is 4.90 Å². The highest BCUT2D eigenvalue weighted by atomic mass is 35.7. The van der Waals surface area contributed by atoms with Crippen LogP contribution >= 0.6 is 0 Å². The molecule has 0 radical (unpaired) electrons. The summed E-state index contributed by atoms with van der Waals surface area (Å²) in [4.78, 5) is 2.30. The van der Waals surface area contributed by atoms with Gasteiger partial charge in [0.15, 0.2) is 11.1 Å². The number of rotatable bonds is 4. The molecule has 0 heterocycles. The van der Waals surface area contributed by atoms with Crippen LogP contribution in [0, 0.1) is 17.2 Å². The van der Waals surface area contributed by atoms with Crippen molar-refractivity contribution in [2.45, 2.75) is 11.8 Å². The number of allylic oxidation sites excluding steroid dienone is 1. The van der Waals surface area contributed by atoms with Gasteiger partial charge in [-0.05, 0) is 19.1 Å². The van der Waals surface area contributed by atoms with E-state index in [1.165, 1.54) is 0 Å². The standard InChI is InChI=1S/C14H21N2O2S.ClHO4/c1-12-6-8-13(9-7-12)19(17,18)14(10-15(2)3)11-16(4)5;2-1(3,4)5/h6-11H,1-5H3;(H,2,3,4,5)/q+1;/p-1. The Morgan fingerprint density at radius 1 is 1.08 bits per heavy atom. The van der Waals surface area contributed by atoms with Gasteiger partial charge in [0.2, 0.25) is 9.84 Å². The lowest BCUT2D eigenvalue weighted by atomic mass is 10.2. The minimum atomic E-state index is -4.94. The molecule has 0 aromatic heterocycles. The molecular weight excluding hydrogens is 360 g/mol. The fourth-order valence-electron chi connectivity index (χ4n) is 1.53. The van der Waals surface area contributed by atoms with Crippen molar-refractivity contribution in [3.8, 4) is 0 Å². The Balaban J connectivity index is 0.000000922. The predicted octanol–water partition coefficient (Wildman–Crippen LogP) is -3.24. The number of halogens is 1. The van der Waals surface area contributed by atoms with E-state index in [1.807, 2.05) is 6.92 Å². The first-order valence-electron chi connectivity index (χ1n) is 6.56. The van der Waals surface area contributed by atoms with Gasteiger partial charge in [0.25, 0.3) is 0 Å². The summed E-state index contributed by atoms with van der Waals surface area (Å²) in [5, 5.41) is 0. The van der Waals surface area contributed by atoms with Gasteiger partial charge in [0.1, 0.15) is 14.1 Å². The normalized spacial score (nSPS) is 12.1. The molecule has 1 rings (SSSR count). The van der Waals surface area contributed by atoms with E-state index in [9.17, 15) is 8.42 Å². The Hall–Kier alpha value is -1.49. The molecule has 0 saturated carbocycles. The third kappa shape index (κ3) is 9.60. The SMILES string of the molecule is Cc1ccc(S(=O)(=O)/C(C=[N+](C)C)=C\N(C)C)cc1.[O-][Cl+3]([O-])([O-])[O-]. The quantitative estimate of drug-likeness (QED) is 0.396. The highest BCUT2D eigenvalue weighted by Crippen LogP contribution is 2.18. The summed E-state index contributed by atoms with van der Waals surface area (Å²) in [6.45, 7) is 1.93. The van der Waals surface area contributed by atoms with Crippen molar-refractivity contribution < 1.29 is 41.9 Å². The molecule has 0 aliphatic heterocycles. The van der Waals surface area contributed by atoms with Crippen molar-refractivity contribution in [2.24, 2.45) is 0 Å². The van der Waals surface area contributed by atoms with Crippen LogP contribution in [0.5, 0.6) is 0 Å². The van der Waals surface area contributed by atoms with Crippen LogP contribution in [0.2, 0.25) is 0 Å². The fraction of sp³-hybridized carbons (Fsp3) is 0.357. The third-order valence-electron chi connectivity index (χ3n) is 2.41. The van der Waals surface area contributed by atoms with E-state index in [-0.39, 0.29) is 4.91 Å². The average molecular weight is 381 g/mol. The highest BCUT2D eigenvalue weighted by molar-refractivity contribution is 7.96. The third-order valence-corrected chi connectivity index (χ3v) is 4.14. The van der Waals surface area contributed by atoms with Crippen LogP contribution in [0.15, 0.2) is 40.3 Å². The van der Waals surface area contributed by atoms with Gasteiger partial charge in [-0.25, -0.2) is 31.6 Å². The molecule has 0 amide bonds. The predicted molar refractivity (Wildman–Crippen MR) is 78.3 cm³/mol. The van der Waals surface area contributed by atoms with E-state index in [4.69, 9.17) is 18.6 Å². The zero-order valence-corrected chi connectivity index (χ0v) is 15.7. The number of aryl methyl sites for hydroxylation is 1. The summed E-state index contributed by atoms with van der Waals surface area (Å²) in [5.41, 5.74) is 1.04. The summed E-state index contributed by atoms with van der Waals surface area (Å²) in [6, 6.07) is 6.88. The van der Waals surface area contributed by atoms with Crippen LogP contribution in [0.4, 0.5) is 0 Å². The Kier molecular flexibility index (Phi) is 8.55. The number of benzene rings is 1. The second-order valence-corrected chi connectivity index (χ2v) is 7.99. The molecule has 10 heteroatoms. The summed E-state index contributed by atoms with van der Waals surface area (Å²) in [6.07, 6.45) is 3.21. The Labute approximate surface area is 144 Å². The lowest BCUT2D eigenvalue weighted by Crippen LogP contribution is -2.68. The van der Waals surface area contributed by atoms with Crippen molar-refractivity contribution in [3.05, 3.63) is 40.9 Å². The first-order chi connectivity index (χ1) is 10.7. The molecule has 0 aliphatic rings. The first-order valence-corrected chi connectivity index (χ1v) is 9.28. The molecule has 0 fully saturated rings. The smallest absolute Gasteiger partial charge is 0.213 e. The van der Waals surface area contributed by atoms with Gasteiger partial charge in [-0.15, -0.1) is 10.2 Å². The Bertz CT molecular complexity index is 681. The van der Waals surface area contributed by atoms with Crippen LogP contribution in [-0.4, -0.2) is 52.3 Å². The maximum atomic E-state index is 12.6. The van der Waals surface area contributed by atoms with Crippen molar-refractivity contribution in [3.63, 3.8) is 0 Å². The molecule has 136 valence electrons. The molecule has 0 spiro atoms. The largest absolute Gasteiger partial charge is 0.382 e. The first kappa shape index (κ1) is 22.5. The molecule has 0 saturated heterocycles. The monoisotopic (exact) mass is 380 g/mol. The lowest BCUT2D eigenvalue weighted by Gasteiger charge is -2.17. The minimum absolute atomic E-state index is 0.270. The zero-order valence-electron chi connectivity index (χ0n) is 14.1. The minimum Gasteiger partial charge on any atom is -0.382 e. The molecule has 0 unspecified atom stereocenters. The van der Waals surface area contributed by atoms with Gasteiger partial charge in [-0.3, -0.25) is 0 Å². The zero-order chi connectivity index (χ0) is 19.1. The van der Waals surface area contributed by atoms with Crippen molar-refractivity contribution >= 4 is 16.1 Å². The summed E-state index contributed by atoms with van der Waals surface area (Å²) in [5.74, 6) is 0. The molecule has 0 atom stereocenters. The fourth-order valence-corrected chi connectivity index (χ4v) is 3.00. The van der Waals surface area contributed by atoms with E-state index in [1.54, 1.807) is 74.3 Å². The Morgan fingerprint density at radius 2 is 1.50 bits per heavy atom. The highest BCUT2D eigenvalue weighted by Gasteiger charge is 2.22. The Morgan fingerprint density at radius 3 is 1.83 bits per heavy atom. The maximum absolute atomic E-state index is 12.6. The summed E-state index contributed by atoms with van der Waals surface area (Å²) >= 11 is 0. The van der Waals surface area contributed by atoms with Crippen molar-refractivity contribution in [1.82, 2.24) is 4.90 Å². The van der Waals surface area contributed by atoms with Gasteiger partial charge in [0.05, 0.1) is 4.90 Å². The summed E-state index contributed by atoms with van der Waals surface area (Å²) in [7, 11) is -1.23. The second-order valence-electron chi connectivity index (χ2n) is 5.28. The van der Waals surface area contributed by atoms with Crippen LogP contribution < -0.4 is 18.6 Å². The van der Waals surface area contributed by atoms with Crippen molar-refractivity contribution in [1.29, 1.82) is 0 Å². The second kappa shape index (κ2) is 9.11. The number of nitrogens with zero attached hydrogens (tertiary/aromatic N) is 2. The van der Waals surface area contributed by atoms with Gasteiger partial charge >= 0.3 is 0 Å². The molecule has 24 heavy (non-hydrogen) atoms. The van der Waals surface area contributed by atoms with Gasteiger partial charge in [-0.2, -0.15) is 0 Å². The van der Waals surface area contributed by atoms with Gasteiger partial charge in [0, 0.05) is 20.3 Å². The van der Waals surface area contributed by atoms with E-state index < -0.39 is 20.1 Å². The molecule has 0 N–H and O–H groups in total. The van der Waals surface area contributed by atoms with E-state index in [2.05, 4.69) is 0 Å². The maximum Gasteiger partial charge on any atom is 0.213 e. The lowest BCUT2D eigenvalue weighted by molar-refractivity contribution is -2.00. The van der Waals surface area contributed by atoms with Crippen LogP contribution in [0.25, 0.3) is 0 Å². The van der Waals surface area contributed by atoms with Crippen LogP contribution in [-0.2, 0) is 9.84 Å². The van der Waals surface area contributed by atoms with Gasteiger partial charge in [-0.1, -0.05) is 17.7 Å². The molecule has 0 bridgehead atoms. The molecule has 0 aliphatic carbocycles. The van der Waals surface area contributed by atoms with E-state index in [0.29, 0.717) is 4.90 Å².